The summed E-state index contributed by atoms with van der Waals surface area (Å²) in [5.41, 5.74) is 0. The molecule has 0 radical (unpaired) electrons. The Morgan fingerprint density at radius 3 is 2.36 bits per heavy atom. The molecule has 0 spiro atoms. The number of ether oxygens (including phenoxy) is 2. The summed E-state index contributed by atoms with van der Waals surface area (Å²) in [6, 6.07) is 0. The number of rotatable bonds is 2. The third kappa shape index (κ3) is 2.79. The van der Waals surface area contributed by atoms with Gasteiger partial charge in [-0.05, 0) is 5.92 Å². The van der Waals surface area contributed by atoms with Gasteiger partial charge < -0.3 is 9.47 Å². The van der Waals surface area contributed by atoms with E-state index in [1.807, 2.05) is 0 Å². The molecule has 3 nitrogen and oxygen atoms in total. The highest BCUT2D eigenvalue weighted by Gasteiger charge is 2.24. The Balaban J connectivity index is 1.71. The van der Waals surface area contributed by atoms with Gasteiger partial charge in [-0.1, -0.05) is 32.1 Å². The van der Waals surface area contributed by atoms with Crippen molar-refractivity contribution >= 4 is 5.78 Å². The summed E-state index contributed by atoms with van der Waals surface area (Å²) in [4.78, 5) is 10.9. The number of carbonyl (C=O) groups excluding carboxylic acids is 1. The standard InChI is InChI=1S/C11H18O3/c12-10-7-13-11(14-8-10)6-9-4-2-1-3-5-9/h9,11H,1-8H2. The highest BCUT2D eigenvalue weighted by atomic mass is 16.7. The fourth-order valence-corrected chi connectivity index (χ4v) is 2.29. The van der Waals surface area contributed by atoms with Crippen LogP contribution in [0.2, 0.25) is 0 Å². The molecule has 2 aliphatic rings. The molecule has 0 aromatic carbocycles. The van der Waals surface area contributed by atoms with Crippen molar-refractivity contribution in [2.24, 2.45) is 5.92 Å². The van der Waals surface area contributed by atoms with E-state index in [0.717, 1.165) is 12.3 Å². The third-order valence-electron chi connectivity index (χ3n) is 3.11. The smallest absolute Gasteiger partial charge is 0.184 e. The minimum Gasteiger partial charge on any atom is -0.345 e. The lowest BCUT2D eigenvalue weighted by Crippen LogP contribution is -2.33. The molecule has 0 amide bonds. The number of hydrogen-bond donors (Lipinski definition) is 0. The molecule has 2 fully saturated rings. The van der Waals surface area contributed by atoms with E-state index in [9.17, 15) is 4.79 Å². The van der Waals surface area contributed by atoms with E-state index in [1.54, 1.807) is 0 Å². The first-order valence-corrected chi connectivity index (χ1v) is 5.59. The Morgan fingerprint density at radius 2 is 1.71 bits per heavy atom. The lowest BCUT2D eigenvalue weighted by Gasteiger charge is -2.28. The molecule has 0 N–H and O–H groups in total. The van der Waals surface area contributed by atoms with Gasteiger partial charge >= 0.3 is 0 Å². The van der Waals surface area contributed by atoms with Gasteiger partial charge in [-0.2, -0.15) is 0 Å². The van der Waals surface area contributed by atoms with Gasteiger partial charge in [-0.15, -0.1) is 0 Å². The van der Waals surface area contributed by atoms with Crippen molar-refractivity contribution < 1.29 is 14.3 Å². The van der Waals surface area contributed by atoms with E-state index in [0.29, 0.717) is 0 Å². The van der Waals surface area contributed by atoms with Gasteiger partial charge in [0.05, 0.1) is 0 Å². The van der Waals surface area contributed by atoms with E-state index < -0.39 is 0 Å². The molecule has 1 heterocycles. The number of ketones is 1. The van der Waals surface area contributed by atoms with Crippen molar-refractivity contribution in [2.45, 2.75) is 44.8 Å². The van der Waals surface area contributed by atoms with Crippen molar-refractivity contribution in [3.63, 3.8) is 0 Å². The number of hydrogen-bond acceptors (Lipinski definition) is 3. The molecular formula is C11H18O3. The second-order valence-electron chi connectivity index (χ2n) is 4.33. The maximum Gasteiger partial charge on any atom is 0.184 e. The molecule has 80 valence electrons. The van der Waals surface area contributed by atoms with E-state index in [-0.39, 0.29) is 25.3 Å². The first kappa shape index (κ1) is 10.1. The van der Waals surface area contributed by atoms with Crippen molar-refractivity contribution in [3.05, 3.63) is 0 Å². The van der Waals surface area contributed by atoms with Gasteiger partial charge in [0.2, 0.25) is 0 Å². The van der Waals surface area contributed by atoms with E-state index >= 15 is 0 Å². The summed E-state index contributed by atoms with van der Waals surface area (Å²) in [7, 11) is 0. The average molecular weight is 198 g/mol. The van der Waals surface area contributed by atoms with Gasteiger partial charge in [-0.25, -0.2) is 0 Å². The largest absolute Gasteiger partial charge is 0.345 e. The molecule has 0 unspecified atom stereocenters. The van der Waals surface area contributed by atoms with Crippen molar-refractivity contribution in [2.75, 3.05) is 13.2 Å². The Bertz CT molecular complexity index is 187. The molecule has 0 atom stereocenters. The first-order valence-electron chi connectivity index (χ1n) is 5.59. The fraction of sp³-hybridized carbons (Fsp3) is 0.909. The Hall–Kier alpha value is -0.410. The van der Waals surface area contributed by atoms with Crippen molar-refractivity contribution in [3.8, 4) is 0 Å². The summed E-state index contributed by atoms with van der Waals surface area (Å²) < 4.78 is 10.6. The van der Waals surface area contributed by atoms with Gasteiger partial charge in [-0.3, -0.25) is 4.79 Å². The number of carbonyl (C=O) groups is 1. The Morgan fingerprint density at radius 1 is 1.07 bits per heavy atom. The van der Waals surface area contributed by atoms with Crippen LogP contribution in [0.3, 0.4) is 0 Å². The molecular weight excluding hydrogens is 180 g/mol. The monoisotopic (exact) mass is 198 g/mol. The predicted octanol–water partition coefficient (Wildman–Crippen LogP) is 1.90. The maximum absolute atomic E-state index is 10.9. The third-order valence-corrected chi connectivity index (χ3v) is 3.11. The minimum absolute atomic E-state index is 0.0601. The normalized spacial score (nSPS) is 26.7. The second-order valence-corrected chi connectivity index (χ2v) is 4.33. The van der Waals surface area contributed by atoms with E-state index in [1.165, 1.54) is 32.1 Å². The molecule has 3 heteroatoms. The van der Waals surface area contributed by atoms with Gasteiger partial charge in [0, 0.05) is 6.42 Å². The summed E-state index contributed by atoms with van der Waals surface area (Å²) >= 11 is 0. The van der Waals surface area contributed by atoms with E-state index in [2.05, 4.69) is 0 Å². The van der Waals surface area contributed by atoms with Crippen LogP contribution < -0.4 is 0 Å². The van der Waals surface area contributed by atoms with Crippen LogP contribution >= 0.6 is 0 Å². The predicted molar refractivity (Wildman–Crippen MR) is 51.9 cm³/mol. The zero-order valence-electron chi connectivity index (χ0n) is 8.54. The topological polar surface area (TPSA) is 35.5 Å². The zero-order valence-corrected chi connectivity index (χ0v) is 8.54. The zero-order chi connectivity index (χ0) is 9.80. The molecule has 14 heavy (non-hydrogen) atoms. The summed E-state index contributed by atoms with van der Waals surface area (Å²) in [5.74, 6) is 0.812. The van der Waals surface area contributed by atoms with Crippen LogP contribution in [0.4, 0.5) is 0 Å². The van der Waals surface area contributed by atoms with Crippen LogP contribution in [-0.4, -0.2) is 25.3 Å². The lowest BCUT2D eigenvalue weighted by atomic mass is 9.87. The van der Waals surface area contributed by atoms with Crippen LogP contribution in [0.25, 0.3) is 0 Å². The SMILES string of the molecule is O=C1COC(CC2CCCCC2)OC1. The van der Waals surface area contributed by atoms with Crippen LogP contribution in [0.15, 0.2) is 0 Å². The average Bonchev–Trinajstić information content (AvgIpc) is 2.23. The van der Waals surface area contributed by atoms with Gasteiger partial charge in [0.15, 0.2) is 12.1 Å². The molecule has 1 saturated carbocycles. The summed E-state index contributed by atoms with van der Waals surface area (Å²) in [5, 5.41) is 0. The molecule has 1 aliphatic carbocycles. The molecule has 1 aliphatic heterocycles. The fourth-order valence-electron chi connectivity index (χ4n) is 2.29. The molecule has 0 bridgehead atoms. The summed E-state index contributed by atoms with van der Waals surface area (Å²) in [6.07, 6.45) is 7.53. The quantitative estimate of drug-likeness (QED) is 0.679. The Labute approximate surface area is 84.8 Å². The van der Waals surface area contributed by atoms with Crippen molar-refractivity contribution in [1.29, 1.82) is 0 Å². The van der Waals surface area contributed by atoms with Crippen molar-refractivity contribution in [1.82, 2.24) is 0 Å². The molecule has 1 saturated heterocycles. The summed E-state index contributed by atoms with van der Waals surface area (Å²) in [6.45, 7) is 0.495. The highest BCUT2D eigenvalue weighted by Crippen LogP contribution is 2.28. The molecule has 0 aromatic heterocycles. The molecule has 2 rings (SSSR count). The van der Waals surface area contributed by atoms with Crippen LogP contribution in [-0.2, 0) is 14.3 Å². The van der Waals surface area contributed by atoms with Gasteiger partial charge in [0.25, 0.3) is 0 Å². The Kier molecular flexibility index (Phi) is 3.54. The van der Waals surface area contributed by atoms with Crippen LogP contribution in [0.5, 0.6) is 0 Å². The lowest BCUT2D eigenvalue weighted by molar-refractivity contribution is -0.191. The maximum atomic E-state index is 10.9. The minimum atomic E-state index is -0.115. The number of Topliss-reactive ketones (excluding diaryl/α,β-unsaturated/α-hetero) is 1. The van der Waals surface area contributed by atoms with Gasteiger partial charge in [0.1, 0.15) is 13.2 Å². The van der Waals surface area contributed by atoms with Crippen LogP contribution in [0, 0.1) is 5.92 Å². The second kappa shape index (κ2) is 4.89. The highest BCUT2D eigenvalue weighted by molar-refractivity contribution is 5.81. The first-order chi connectivity index (χ1) is 6.84. The van der Waals surface area contributed by atoms with E-state index in [4.69, 9.17) is 9.47 Å². The van der Waals surface area contributed by atoms with Crippen LogP contribution in [0.1, 0.15) is 38.5 Å². The molecule has 0 aromatic rings.